The smallest absolute Gasteiger partial charge is 0.227 e. The van der Waals surface area contributed by atoms with Crippen molar-refractivity contribution in [1.82, 2.24) is 19.9 Å². The van der Waals surface area contributed by atoms with E-state index in [1.807, 2.05) is 23.8 Å². The van der Waals surface area contributed by atoms with Gasteiger partial charge in [0.15, 0.2) is 5.82 Å². The molecule has 7 heteroatoms. The largest absolute Gasteiger partial charge is 0.342 e. The Morgan fingerprint density at radius 3 is 2.96 bits per heavy atom. The van der Waals surface area contributed by atoms with Gasteiger partial charge in [-0.2, -0.15) is 4.98 Å². The van der Waals surface area contributed by atoms with Gasteiger partial charge in [0.1, 0.15) is 0 Å². The minimum Gasteiger partial charge on any atom is -0.342 e. The van der Waals surface area contributed by atoms with Gasteiger partial charge >= 0.3 is 0 Å². The maximum absolute atomic E-state index is 12.5. The first-order valence-corrected chi connectivity index (χ1v) is 8.93. The van der Waals surface area contributed by atoms with Crippen LogP contribution in [-0.2, 0) is 22.4 Å². The van der Waals surface area contributed by atoms with Crippen molar-refractivity contribution in [3.05, 3.63) is 11.7 Å². The zero-order valence-electron chi connectivity index (χ0n) is 14.5. The number of aryl methyl sites for hydroxylation is 2. The number of amides is 2. The lowest BCUT2D eigenvalue weighted by Crippen LogP contribution is -2.51. The molecule has 0 aromatic carbocycles. The zero-order chi connectivity index (χ0) is 17.1. The van der Waals surface area contributed by atoms with Crippen LogP contribution in [0.5, 0.6) is 0 Å². The van der Waals surface area contributed by atoms with E-state index in [-0.39, 0.29) is 17.9 Å². The third-order valence-electron chi connectivity index (χ3n) is 5.28. The number of likely N-dealkylation sites (tertiary alicyclic amines) is 2. The molecule has 132 valence electrons. The lowest BCUT2D eigenvalue weighted by molar-refractivity contribution is -0.136. The molecule has 0 N–H and O–H groups in total. The minimum atomic E-state index is 0.142. The Bertz CT molecular complexity index is 600. The summed E-state index contributed by atoms with van der Waals surface area (Å²) >= 11 is 0. The lowest BCUT2D eigenvalue weighted by atomic mass is 9.88. The molecule has 0 aliphatic carbocycles. The van der Waals surface area contributed by atoms with E-state index in [1.165, 1.54) is 0 Å². The first kappa shape index (κ1) is 16.9. The second-order valence-electron chi connectivity index (χ2n) is 6.81. The molecule has 3 heterocycles. The van der Waals surface area contributed by atoms with Gasteiger partial charge in [-0.25, -0.2) is 0 Å². The first-order valence-electron chi connectivity index (χ1n) is 8.93. The molecular formula is C17H26N4O3. The minimum absolute atomic E-state index is 0.142. The second kappa shape index (κ2) is 7.32. The van der Waals surface area contributed by atoms with Gasteiger partial charge in [0, 0.05) is 51.9 Å². The molecule has 0 unspecified atom stereocenters. The quantitative estimate of drug-likeness (QED) is 0.832. The van der Waals surface area contributed by atoms with Gasteiger partial charge in [0.05, 0.1) is 0 Å². The summed E-state index contributed by atoms with van der Waals surface area (Å²) in [6.45, 7) is 3.45. The summed E-state index contributed by atoms with van der Waals surface area (Å²) in [5, 5.41) is 3.86. The fourth-order valence-electron chi connectivity index (χ4n) is 3.82. The molecular weight excluding hydrogens is 308 g/mol. The van der Waals surface area contributed by atoms with Crippen LogP contribution < -0.4 is 0 Å². The normalized spacial score (nSPS) is 24.7. The second-order valence-corrected chi connectivity index (χ2v) is 6.81. The molecule has 1 aromatic rings. The van der Waals surface area contributed by atoms with Crippen LogP contribution in [0.25, 0.3) is 0 Å². The number of aromatic nitrogens is 2. The van der Waals surface area contributed by atoms with E-state index in [4.69, 9.17) is 4.52 Å². The average molecular weight is 334 g/mol. The first-order chi connectivity index (χ1) is 11.6. The van der Waals surface area contributed by atoms with Crippen LogP contribution >= 0.6 is 0 Å². The summed E-state index contributed by atoms with van der Waals surface area (Å²) in [4.78, 5) is 32.6. The SMILES string of the molecule is CCc1noc(CCC(=O)N2CC[C@@H]3[C@@H](CCCC(=O)N3C)C2)n1. The van der Waals surface area contributed by atoms with Crippen molar-refractivity contribution in [2.24, 2.45) is 5.92 Å². The molecule has 1 aromatic heterocycles. The van der Waals surface area contributed by atoms with Gasteiger partial charge in [-0.05, 0) is 25.2 Å². The van der Waals surface area contributed by atoms with E-state index >= 15 is 0 Å². The van der Waals surface area contributed by atoms with Crippen LogP contribution in [0.15, 0.2) is 4.52 Å². The highest BCUT2D eigenvalue weighted by Crippen LogP contribution is 2.29. The van der Waals surface area contributed by atoms with Crippen LogP contribution in [0.1, 0.15) is 50.7 Å². The summed E-state index contributed by atoms with van der Waals surface area (Å²) in [5.74, 6) is 2.00. The number of piperidine rings is 1. The summed E-state index contributed by atoms with van der Waals surface area (Å²) in [6.07, 6.45) is 5.08. The highest BCUT2D eigenvalue weighted by molar-refractivity contribution is 5.77. The van der Waals surface area contributed by atoms with Gasteiger partial charge in [-0.3, -0.25) is 9.59 Å². The molecule has 0 bridgehead atoms. The van der Waals surface area contributed by atoms with E-state index < -0.39 is 0 Å². The van der Waals surface area contributed by atoms with Crippen LogP contribution in [0.2, 0.25) is 0 Å². The third kappa shape index (κ3) is 3.60. The predicted molar refractivity (Wildman–Crippen MR) is 87.1 cm³/mol. The number of carbonyl (C=O) groups excluding carboxylic acids is 2. The Morgan fingerprint density at radius 2 is 2.21 bits per heavy atom. The zero-order valence-corrected chi connectivity index (χ0v) is 14.5. The van der Waals surface area contributed by atoms with Crippen molar-refractivity contribution in [3.8, 4) is 0 Å². The molecule has 2 atom stereocenters. The highest BCUT2D eigenvalue weighted by Gasteiger charge is 2.36. The van der Waals surface area contributed by atoms with Crippen LogP contribution in [0.4, 0.5) is 0 Å². The molecule has 2 aliphatic heterocycles. The number of rotatable bonds is 4. The molecule has 3 rings (SSSR count). The monoisotopic (exact) mass is 334 g/mol. The summed E-state index contributed by atoms with van der Waals surface area (Å²) < 4.78 is 5.15. The van der Waals surface area contributed by atoms with Gasteiger partial charge in [0.2, 0.25) is 17.7 Å². The molecule has 2 saturated heterocycles. The number of nitrogens with zero attached hydrogens (tertiary/aromatic N) is 4. The van der Waals surface area contributed by atoms with Crippen molar-refractivity contribution >= 4 is 11.8 Å². The van der Waals surface area contributed by atoms with Crippen molar-refractivity contribution < 1.29 is 14.1 Å². The molecule has 2 aliphatic rings. The molecule has 0 saturated carbocycles. The van der Waals surface area contributed by atoms with Crippen molar-refractivity contribution in [2.75, 3.05) is 20.1 Å². The van der Waals surface area contributed by atoms with Crippen molar-refractivity contribution in [1.29, 1.82) is 0 Å². The highest BCUT2D eigenvalue weighted by atomic mass is 16.5. The van der Waals surface area contributed by atoms with Crippen molar-refractivity contribution in [3.63, 3.8) is 0 Å². The number of carbonyl (C=O) groups is 2. The summed E-state index contributed by atoms with van der Waals surface area (Å²) in [6, 6.07) is 0.284. The van der Waals surface area contributed by atoms with Crippen LogP contribution in [-0.4, -0.2) is 57.9 Å². The predicted octanol–water partition coefficient (Wildman–Crippen LogP) is 1.42. The number of fused-ring (bicyclic) bond motifs is 1. The Hall–Kier alpha value is -1.92. The molecule has 2 amide bonds. The van der Waals surface area contributed by atoms with E-state index in [1.54, 1.807) is 0 Å². The summed E-state index contributed by atoms with van der Waals surface area (Å²) in [7, 11) is 1.91. The van der Waals surface area contributed by atoms with Gasteiger partial charge < -0.3 is 14.3 Å². The molecule has 24 heavy (non-hydrogen) atoms. The maximum Gasteiger partial charge on any atom is 0.227 e. The van der Waals surface area contributed by atoms with Crippen molar-refractivity contribution in [2.45, 2.75) is 57.9 Å². The van der Waals surface area contributed by atoms with Crippen LogP contribution in [0.3, 0.4) is 0 Å². The van der Waals surface area contributed by atoms with E-state index in [0.717, 1.165) is 38.8 Å². The Balaban J connectivity index is 1.54. The Kier molecular flexibility index (Phi) is 5.16. The van der Waals surface area contributed by atoms with Gasteiger partial charge in [-0.15, -0.1) is 0 Å². The van der Waals surface area contributed by atoms with E-state index in [2.05, 4.69) is 10.1 Å². The van der Waals surface area contributed by atoms with Gasteiger partial charge in [-0.1, -0.05) is 12.1 Å². The Labute approximate surface area is 142 Å². The summed E-state index contributed by atoms with van der Waals surface area (Å²) in [5.41, 5.74) is 0. The number of hydrogen-bond donors (Lipinski definition) is 0. The Morgan fingerprint density at radius 1 is 1.38 bits per heavy atom. The standard InChI is InChI=1S/C17H26N4O3/c1-3-14-18-15(24-19-14)7-8-17(23)21-10-9-13-12(11-21)5-4-6-16(22)20(13)2/h12-13H,3-11H2,1-2H3/t12-,13+/m0/s1. The number of hydrogen-bond acceptors (Lipinski definition) is 5. The van der Waals surface area contributed by atoms with Crippen LogP contribution in [0, 0.1) is 5.92 Å². The maximum atomic E-state index is 12.5. The fourth-order valence-corrected chi connectivity index (χ4v) is 3.82. The average Bonchev–Trinajstić information content (AvgIpc) is 3.01. The molecule has 0 spiro atoms. The lowest BCUT2D eigenvalue weighted by Gasteiger charge is -2.41. The van der Waals surface area contributed by atoms with Gasteiger partial charge in [0.25, 0.3) is 0 Å². The van der Waals surface area contributed by atoms with E-state index in [9.17, 15) is 9.59 Å². The van der Waals surface area contributed by atoms with E-state index in [0.29, 0.717) is 36.9 Å². The molecule has 7 nitrogen and oxygen atoms in total. The third-order valence-corrected chi connectivity index (χ3v) is 5.28. The molecule has 2 fully saturated rings. The molecule has 0 radical (unpaired) electrons. The fraction of sp³-hybridized carbons (Fsp3) is 0.765. The topological polar surface area (TPSA) is 79.5 Å².